The maximum absolute atomic E-state index is 16.3. The number of carbonyl (C=O) groups is 1. The fourth-order valence-electron chi connectivity index (χ4n) is 5.12. The van der Waals surface area contributed by atoms with Crippen LogP contribution in [-0.4, -0.2) is 81.8 Å². The van der Waals surface area contributed by atoms with Gasteiger partial charge in [0.25, 0.3) is 0 Å². The molecule has 6 atom stereocenters. The molecule has 3 heterocycles. The molecule has 1 saturated heterocycles. The maximum Gasteiger partial charge on any atom is 0.323 e. The zero-order chi connectivity index (χ0) is 34.3. The molecule has 2 aromatic carbocycles. The van der Waals surface area contributed by atoms with Crippen LogP contribution >= 0.6 is 6.64 Å². The highest BCUT2D eigenvalue weighted by molar-refractivity contribution is 8.09. The summed E-state index contributed by atoms with van der Waals surface area (Å²) >= 11 is 5.92. The highest BCUT2D eigenvalue weighted by Gasteiger charge is 2.56. The number of aliphatic hydroxyl groups is 1. The average molecular weight is 690 g/mol. The number of halogens is 1. The second kappa shape index (κ2) is 13.2. The first-order valence-electron chi connectivity index (χ1n) is 15.1. The van der Waals surface area contributed by atoms with Gasteiger partial charge in [0.15, 0.2) is 28.9 Å². The fraction of sp³-hybridized carbons (Fsp3) is 0.484. The van der Waals surface area contributed by atoms with E-state index in [4.69, 9.17) is 36.1 Å². The highest BCUT2D eigenvalue weighted by Crippen LogP contribution is 2.49. The monoisotopic (exact) mass is 689 g/mol. The van der Waals surface area contributed by atoms with Crippen LogP contribution in [0.5, 0.6) is 5.75 Å². The van der Waals surface area contributed by atoms with Crippen LogP contribution in [0.2, 0.25) is 0 Å². The molecule has 47 heavy (non-hydrogen) atoms. The van der Waals surface area contributed by atoms with Crippen LogP contribution in [0.25, 0.3) is 21.9 Å². The summed E-state index contributed by atoms with van der Waals surface area (Å²) in [5.74, 6) is 0.291. The number of aliphatic hydroxyl groups excluding tert-OH is 1. The number of esters is 1. The third-order valence-corrected chi connectivity index (χ3v) is 10.0. The van der Waals surface area contributed by atoms with E-state index in [-0.39, 0.29) is 30.2 Å². The van der Waals surface area contributed by atoms with Crippen molar-refractivity contribution in [1.82, 2.24) is 24.6 Å². The lowest BCUT2D eigenvalue weighted by Gasteiger charge is -2.29. The molecule has 5 rings (SSSR count). The van der Waals surface area contributed by atoms with E-state index in [0.717, 1.165) is 10.8 Å². The number of nitrogen functional groups attached to an aromatic ring is 1. The predicted molar refractivity (Wildman–Crippen MR) is 181 cm³/mol. The molecule has 1 aliphatic heterocycles. The Morgan fingerprint density at radius 1 is 1.26 bits per heavy atom. The first-order valence-corrected chi connectivity index (χ1v) is 17.7. The Bertz CT molecular complexity index is 1810. The summed E-state index contributed by atoms with van der Waals surface area (Å²) in [6.07, 6.45) is -2.82. The first kappa shape index (κ1) is 34.9. The Balaban J connectivity index is 1.41. The molecular formula is C31H41FN7O6PS. The summed E-state index contributed by atoms with van der Waals surface area (Å²) in [4.78, 5) is 27.5. The lowest BCUT2D eigenvalue weighted by molar-refractivity contribution is -0.148. The number of fused-ring (bicyclic) bond motifs is 2. The van der Waals surface area contributed by atoms with Crippen molar-refractivity contribution in [2.45, 2.75) is 64.8 Å². The number of carbonyl (C=O) groups excluding carboxylic acids is 1. The smallest absolute Gasteiger partial charge is 0.323 e. The average Bonchev–Trinajstić information content (AvgIpc) is 3.51. The van der Waals surface area contributed by atoms with Crippen molar-refractivity contribution < 1.29 is 32.8 Å². The minimum atomic E-state index is -3.58. The zero-order valence-electron chi connectivity index (χ0n) is 27.4. The third kappa shape index (κ3) is 7.50. The second-order valence-electron chi connectivity index (χ2n) is 13.1. The molecule has 1 aliphatic rings. The predicted octanol–water partition coefficient (Wildman–Crippen LogP) is 4.50. The van der Waals surface area contributed by atoms with Crippen molar-refractivity contribution in [1.29, 1.82) is 0 Å². The summed E-state index contributed by atoms with van der Waals surface area (Å²) in [7, 11) is 3.54. The van der Waals surface area contributed by atoms with Gasteiger partial charge in [-0.15, -0.1) is 0 Å². The number of nitrogens with one attached hydrogen (secondary N) is 1. The number of anilines is 2. The Hall–Kier alpha value is -3.46. The van der Waals surface area contributed by atoms with Crippen molar-refractivity contribution in [2.75, 3.05) is 37.9 Å². The summed E-state index contributed by atoms with van der Waals surface area (Å²) in [5, 5.41) is 15.9. The van der Waals surface area contributed by atoms with Gasteiger partial charge in [0.05, 0.1) is 19.5 Å². The minimum absolute atomic E-state index is 0.0329. The molecule has 13 nitrogen and oxygen atoms in total. The van der Waals surface area contributed by atoms with Gasteiger partial charge in [-0.2, -0.15) is 9.97 Å². The van der Waals surface area contributed by atoms with Crippen molar-refractivity contribution >= 4 is 58.1 Å². The Morgan fingerprint density at radius 3 is 2.66 bits per heavy atom. The Kier molecular flexibility index (Phi) is 9.80. The molecule has 0 saturated carbocycles. The van der Waals surface area contributed by atoms with Crippen molar-refractivity contribution in [3.63, 3.8) is 0 Å². The van der Waals surface area contributed by atoms with Gasteiger partial charge < -0.3 is 34.3 Å². The van der Waals surface area contributed by atoms with E-state index < -0.39 is 42.8 Å². The van der Waals surface area contributed by atoms with Gasteiger partial charge in [-0.25, -0.2) is 14.5 Å². The van der Waals surface area contributed by atoms with Gasteiger partial charge in [0.2, 0.25) is 5.95 Å². The number of rotatable bonds is 11. The molecule has 0 spiro atoms. The van der Waals surface area contributed by atoms with Crippen LogP contribution in [0.15, 0.2) is 48.8 Å². The highest BCUT2D eigenvalue weighted by atomic mass is 32.5. The standard InChI is InChI=1S/C31H41FN7O6PS/c1-18(27(41)42-16-30(2,3)4)37-46(47,45-21-14-10-12-19-11-8-9-13-20(19)21)43-15-22-24(40)31(5,32)28(44-22)39-17-34-23-25(38(6)7)35-29(33)36-26(23)39/h8-14,17-18,22,24,28,40H,15-16H2,1-7H3,(H,37,47)(H2,33,35,36)/t18-,22+,24+,28+,31+,46-/m0/s1. The van der Waals surface area contributed by atoms with Gasteiger partial charge in [-0.3, -0.25) is 9.36 Å². The molecule has 0 aliphatic carbocycles. The van der Waals surface area contributed by atoms with Crippen molar-refractivity contribution in [2.24, 2.45) is 5.41 Å². The van der Waals surface area contributed by atoms with Crippen LogP contribution in [0.3, 0.4) is 0 Å². The molecule has 16 heteroatoms. The third-order valence-electron chi connectivity index (χ3n) is 7.54. The number of aromatic nitrogens is 4. The van der Waals surface area contributed by atoms with Gasteiger partial charge in [-0.1, -0.05) is 57.2 Å². The van der Waals surface area contributed by atoms with E-state index in [1.807, 2.05) is 57.2 Å². The van der Waals surface area contributed by atoms with Gasteiger partial charge in [0.1, 0.15) is 24.0 Å². The number of imidazole rings is 1. The van der Waals surface area contributed by atoms with E-state index in [9.17, 15) is 9.90 Å². The summed E-state index contributed by atoms with van der Waals surface area (Å²) in [6, 6.07) is 12.1. The zero-order valence-corrected chi connectivity index (χ0v) is 29.1. The molecule has 4 aromatic rings. The molecule has 4 N–H and O–H groups in total. The van der Waals surface area contributed by atoms with Gasteiger partial charge in [-0.05, 0) is 42.5 Å². The number of nitrogens with two attached hydrogens (primary N) is 1. The molecular weight excluding hydrogens is 648 g/mol. The Morgan fingerprint density at radius 2 is 1.96 bits per heavy atom. The number of hydrogen-bond donors (Lipinski definition) is 3. The molecule has 2 aromatic heterocycles. The molecule has 1 fully saturated rings. The second-order valence-corrected chi connectivity index (χ2v) is 16.3. The van der Waals surface area contributed by atoms with Gasteiger partial charge >= 0.3 is 12.6 Å². The SMILES string of the molecule is C[C@H](N[P@](=S)(OC[C@H]1O[C@@H](n2cnc3c(N(C)C)nc(N)nc32)[C@](C)(F)[C@@H]1O)Oc1cccc2ccccc12)C(=O)OCC(C)(C)C. The van der Waals surface area contributed by atoms with Crippen LogP contribution in [-0.2, 0) is 30.6 Å². The molecule has 0 amide bonds. The lowest BCUT2D eigenvalue weighted by Crippen LogP contribution is -2.41. The number of alkyl halides is 1. The van der Waals surface area contributed by atoms with E-state index in [1.165, 1.54) is 17.8 Å². The topological polar surface area (TPSA) is 159 Å². The summed E-state index contributed by atoms with van der Waals surface area (Å²) in [5.41, 5.74) is 4.01. The first-order chi connectivity index (χ1) is 22.0. The number of benzene rings is 2. The summed E-state index contributed by atoms with van der Waals surface area (Å²) < 4.78 is 41.8. The van der Waals surface area contributed by atoms with E-state index in [2.05, 4.69) is 20.0 Å². The molecule has 254 valence electrons. The van der Waals surface area contributed by atoms with Crippen LogP contribution < -0.4 is 20.2 Å². The van der Waals surface area contributed by atoms with Crippen molar-refractivity contribution in [3.05, 3.63) is 48.8 Å². The van der Waals surface area contributed by atoms with Gasteiger partial charge in [0, 0.05) is 19.5 Å². The lowest BCUT2D eigenvalue weighted by atomic mass is 9.98. The van der Waals surface area contributed by atoms with E-state index >= 15 is 4.39 Å². The number of nitrogens with zero attached hydrogens (tertiary/aromatic N) is 5. The quantitative estimate of drug-likeness (QED) is 0.149. The van der Waals surface area contributed by atoms with Crippen LogP contribution in [0.4, 0.5) is 16.2 Å². The van der Waals surface area contributed by atoms with Crippen molar-refractivity contribution in [3.8, 4) is 5.75 Å². The Labute approximate surface area is 277 Å². The number of hydrogen-bond acceptors (Lipinski definition) is 12. The van der Waals surface area contributed by atoms with Crippen LogP contribution in [0, 0.1) is 5.41 Å². The molecule has 0 unspecified atom stereocenters. The maximum atomic E-state index is 16.3. The summed E-state index contributed by atoms with van der Waals surface area (Å²) in [6.45, 7) is 4.91. The van der Waals surface area contributed by atoms with E-state index in [0.29, 0.717) is 17.1 Å². The molecule has 0 radical (unpaired) electrons. The normalized spacial score (nSPS) is 23.5. The number of ether oxygens (including phenoxy) is 2. The van der Waals surface area contributed by atoms with E-state index in [1.54, 1.807) is 32.0 Å². The van der Waals surface area contributed by atoms with Crippen LogP contribution in [0.1, 0.15) is 40.8 Å². The largest absolute Gasteiger partial charge is 0.464 e. The fourth-order valence-corrected chi connectivity index (χ4v) is 7.54. The molecule has 0 bridgehead atoms. The minimum Gasteiger partial charge on any atom is -0.464 e.